The Labute approximate surface area is 164 Å². The molecule has 0 fully saturated rings. The molecule has 7 heteroatoms. The van der Waals surface area contributed by atoms with Crippen molar-refractivity contribution < 1.29 is 18.7 Å². The van der Waals surface area contributed by atoms with Crippen molar-refractivity contribution in [1.29, 1.82) is 0 Å². The molecule has 0 aliphatic heterocycles. The molecule has 3 rings (SSSR count). The molecule has 1 N–H and O–H groups in total. The summed E-state index contributed by atoms with van der Waals surface area (Å²) in [6, 6.07) is 8.01. The molecule has 0 atom stereocenters. The Morgan fingerprint density at radius 1 is 1.15 bits per heavy atom. The number of nitrogens with one attached hydrogen (secondary N) is 1. The standard InChI is InChI=1S/C20H17ClFNO3S/c1-10-6-11(2)18(12(3)7-10)23-16(24)9-26-20(25)19-17(21)14-5-4-13(22)8-15(14)27-19/h4-8H,9H2,1-3H3,(H,23,24). The number of benzene rings is 2. The van der Waals surface area contributed by atoms with E-state index in [1.54, 1.807) is 0 Å². The summed E-state index contributed by atoms with van der Waals surface area (Å²) in [5, 5.41) is 3.54. The molecule has 140 valence electrons. The van der Waals surface area contributed by atoms with Crippen molar-refractivity contribution in [2.75, 3.05) is 11.9 Å². The molecule has 4 nitrogen and oxygen atoms in total. The fourth-order valence-corrected chi connectivity index (χ4v) is 4.35. The second-order valence-electron chi connectivity index (χ2n) is 6.28. The lowest BCUT2D eigenvalue weighted by Crippen LogP contribution is -2.21. The monoisotopic (exact) mass is 405 g/mol. The third-order valence-corrected chi connectivity index (χ3v) is 5.69. The number of thiophene rings is 1. The Hall–Kier alpha value is -2.44. The summed E-state index contributed by atoms with van der Waals surface area (Å²) >= 11 is 7.22. The van der Waals surface area contributed by atoms with Crippen LogP contribution in [0, 0.1) is 26.6 Å². The van der Waals surface area contributed by atoms with Crippen molar-refractivity contribution in [2.24, 2.45) is 0 Å². The van der Waals surface area contributed by atoms with Crippen molar-refractivity contribution in [1.82, 2.24) is 0 Å². The Morgan fingerprint density at radius 3 is 2.48 bits per heavy atom. The molecule has 1 aromatic heterocycles. The van der Waals surface area contributed by atoms with Gasteiger partial charge >= 0.3 is 5.97 Å². The summed E-state index contributed by atoms with van der Waals surface area (Å²) in [6.45, 7) is 5.34. The SMILES string of the molecule is Cc1cc(C)c(NC(=O)COC(=O)c2sc3cc(F)ccc3c2Cl)c(C)c1. The number of amides is 1. The van der Waals surface area contributed by atoms with Crippen LogP contribution in [0.25, 0.3) is 10.1 Å². The largest absolute Gasteiger partial charge is 0.451 e. The molecule has 0 bridgehead atoms. The van der Waals surface area contributed by atoms with E-state index in [9.17, 15) is 14.0 Å². The third-order valence-electron chi connectivity index (χ3n) is 4.05. The predicted octanol–water partition coefficient (Wildman–Crippen LogP) is 5.41. The minimum absolute atomic E-state index is 0.146. The molecule has 1 amide bonds. The van der Waals surface area contributed by atoms with Gasteiger partial charge in [-0.15, -0.1) is 11.3 Å². The van der Waals surface area contributed by atoms with E-state index in [1.165, 1.54) is 18.2 Å². The first-order valence-corrected chi connectivity index (χ1v) is 9.38. The van der Waals surface area contributed by atoms with Crippen LogP contribution in [0.3, 0.4) is 0 Å². The van der Waals surface area contributed by atoms with Crippen LogP contribution in [0.4, 0.5) is 10.1 Å². The Kier molecular flexibility index (Phi) is 5.48. The molecule has 27 heavy (non-hydrogen) atoms. The summed E-state index contributed by atoms with van der Waals surface area (Å²) in [7, 11) is 0. The van der Waals surface area contributed by atoms with E-state index in [4.69, 9.17) is 16.3 Å². The van der Waals surface area contributed by atoms with Crippen molar-refractivity contribution in [3.8, 4) is 0 Å². The lowest BCUT2D eigenvalue weighted by atomic mass is 10.1. The smallest absolute Gasteiger partial charge is 0.350 e. The molecule has 0 aliphatic carbocycles. The molecule has 3 aromatic rings. The van der Waals surface area contributed by atoms with Crippen molar-refractivity contribution >= 4 is 50.6 Å². The van der Waals surface area contributed by atoms with Gasteiger partial charge in [0.2, 0.25) is 0 Å². The lowest BCUT2D eigenvalue weighted by molar-refractivity contribution is -0.119. The van der Waals surface area contributed by atoms with E-state index in [2.05, 4.69) is 5.32 Å². The van der Waals surface area contributed by atoms with Crippen LogP contribution in [0.5, 0.6) is 0 Å². The first-order chi connectivity index (χ1) is 12.8. The van der Waals surface area contributed by atoms with Gasteiger partial charge in [-0.25, -0.2) is 9.18 Å². The van der Waals surface area contributed by atoms with Gasteiger partial charge in [0.05, 0.1) is 5.02 Å². The number of halogens is 2. The molecule has 0 saturated heterocycles. The van der Waals surface area contributed by atoms with Crippen molar-refractivity contribution in [3.05, 3.63) is 62.7 Å². The highest BCUT2D eigenvalue weighted by Gasteiger charge is 2.20. The zero-order valence-corrected chi connectivity index (χ0v) is 16.6. The van der Waals surface area contributed by atoms with Crippen molar-refractivity contribution in [3.63, 3.8) is 0 Å². The van der Waals surface area contributed by atoms with Crippen LogP contribution in [0.15, 0.2) is 30.3 Å². The number of aryl methyl sites for hydroxylation is 3. The van der Waals surface area contributed by atoms with Gasteiger partial charge in [0.1, 0.15) is 10.7 Å². The Bertz CT molecular complexity index is 1040. The minimum Gasteiger partial charge on any atom is -0.451 e. The molecule has 0 unspecified atom stereocenters. The van der Waals surface area contributed by atoms with Gasteiger partial charge in [-0.05, 0) is 50.1 Å². The number of ether oxygens (including phenoxy) is 1. The van der Waals surface area contributed by atoms with Crippen LogP contribution in [-0.2, 0) is 9.53 Å². The normalized spacial score (nSPS) is 10.9. The van der Waals surface area contributed by atoms with Gasteiger partial charge in [0.15, 0.2) is 6.61 Å². The summed E-state index contributed by atoms with van der Waals surface area (Å²) < 4.78 is 19.0. The third kappa shape index (κ3) is 4.12. The summed E-state index contributed by atoms with van der Waals surface area (Å²) in [5.41, 5.74) is 3.67. The van der Waals surface area contributed by atoms with E-state index in [0.717, 1.165) is 28.0 Å². The number of esters is 1. The number of hydrogen-bond donors (Lipinski definition) is 1. The van der Waals surface area contributed by atoms with Gasteiger partial charge in [0.25, 0.3) is 5.91 Å². The van der Waals surface area contributed by atoms with Gasteiger partial charge < -0.3 is 10.1 Å². The van der Waals surface area contributed by atoms with Crippen LogP contribution < -0.4 is 5.32 Å². The van der Waals surface area contributed by atoms with Crippen LogP contribution in [0.2, 0.25) is 5.02 Å². The maximum Gasteiger partial charge on any atom is 0.350 e. The minimum atomic E-state index is -0.714. The maximum atomic E-state index is 13.3. The number of anilines is 1. The number of carbonyl (C=O) groups excluding carboxylic acids is 2. The highest BCUT2D eigenvalue weighted by atomic mass is 35.5. The van der Waals surface area contributed by atoms with Gasteiger partial charge in [-0.1, -0.05) is 29.3 Å². The fraction of sp³-hybridized carbons (Fsp3) is 0.200. The van der Waals surface area contributed by atoms with E-state index < -0.39 is 24.3 Å². The Balaban J connectivity index is 1.69. The van der Waals surface area contributed by atoms with Gasteiger partial charge in [0, 0.05) is 15.8 Å². The van der Waals surface area contributed by atoms with E-state index >= 15 is 0 Å². The number of carbonyl (C=O) groups is 2. The van der Waals surface area contributed by atoms with Gasteiger partial charge in [-0.2, -0.15) is 0 Å². The van der Waals surface area contributed by atoms with E-state index in [0.29, 0.717) is 15.8 Å². The number of hydrogen-bond acceptors (Lipinski definition) is 4. The first kappa shape index (κ1) is 19.3. The Morgan fingerprint density at radius 2 is 1.81 bits per heavy atom. The molecule has 2 aromatic carbocycles. The second-order valence-corrected chi connectivity index (χ2v) is 7.71. The predicted molar refractivity (Wildman–Crippen MR) is 106 cm³/mol. The van der Waals surface area contributed by atoms with Crippen LogP contribution in [0.1, 0.15) is 26.4 Å². The van der Waals surface area contributed by atoms with Gasteiger partial charge in [-0.3, -0.25) is 4.79 Å². The van der Waals surface area contributed by atoms with Crippen LogP contribution in [-0.4, -0.2) is 18.5 Å². The molecule has 0 aliphatic rings. The molecule has 0 spiro atoms. The van der Waals surface area contributed by atoms with Crippen molar-refractivity contribution in [2.45, 2.75) is 20.8 Å². The summed E-state index contributed by atoms with van der Waals surface area (Å²) in [4.78, 5) is 24.6. The number of rotatable bonds is 4. The molecule has 0 saturated carbocycles. The molecule has 0 radical (unpaired) electrons. The lowest BCUT2D eigenvalue weighted by Gasteiger charge is -2.12. The zero-order chi connectivity index (χ0) is 19.7. The molecular formula is C20H17ClFNO3S. The van der Waals surface area contributed by atoms with Crippen LogP contribution >= 0.6 is 22.9 Å². The highest BCUT2D eigenvalue weighted by molar-refractivity contribution is 7.21. The average Bonchev–Trinajstić information content (AvgIpc) is 2.92. The fourth-order valence-electron chi connectivity index (χ4n) is 2.92. The molecular weight excluding hydrogens is 389 g/mol. The summed E-state index contributed by atoms with van der Waals surface area (Å²) in [6.07, 6.45) is 0. The number of fused-ring (bicyclic) bond motifs is 1. The highest BCUT2D eigenvalue weighted by Crippen LogP contribution is 2.36. The second kappa shape index (κ2) is 7.66. The topological polar surface area (TPSA) is 55.4 Å². The average molecular weight is 406 g/mol. The van der Waals surface area contributed by atoms with E-state index in [1.807, 2.05) is 32.9 Å². The quantitative estimate of drug-likeness (QED) is 0.590. The summed E-state index contributed by atoms with van der Waals surface area (Å²) in [5.74, 6) is -1.57. The molecule has 1 heterocycles. The first-order valence-electron chi connectivity index (χ1n) is 8.18. The zero-order valence-electron chi connectivity index (χ0n) is 15.0. The van der Waals surface area contributed by atoms with E-state index in [-0.39, 0.29) is 9.90 Å². The maximum absolute atomic E-state index is 13.3.